The van der Waals surface area contributed by atoms with Crippen LogP contribution >= 0.6 is 11.6 Å². The van der Waals surface area contributed by atoms with Gasteiger partial charge in [0.1, 0.15) is 5.15 Å². The van der Waals surface area contributed by atoms with Gasteiger partial charge in [0.05, 0.1) is 13.2 Å². The molecule has 3 rings (SSSR count). The van der Waals surface area contributed by atoms with Gasteiger partial charge in [-0.3, -0.25) is 0 Å². The fourth-order valence-corrected chi connectivity index (χ4v) is 2.58. The molecule has 1 aromatic heterocycles. The van der Waals surface area contributed by atoms with E-state index in [0.29, 0.717) is 28.7 Å². The molecular formula is C14H11ClF2N2O. The maximum atomic E-state index is 13.7. The average Bonchev–Trinajstić information content (AvgIpc) is 2.87. The highest BCUT2D eigenvalue weighted by Gasteiger charge is 2.27. The molecule has 0 radical (unpaired) electrons. The Balaban J connectivity index is 1.96. The topological polar surface area (TPSA) is 34.1 Å². The molecule has 1 aliphatic rings. The lowest BCUT2D eigenvalue weighted by atomic mass is 10.0. The van der Waals surface area contributed by atoms with E-state index in [4.69, 9.17) is 16.3 Å². The summed E-state index contributed by atoms with van der Waals surface area (Å²) in [5.41, 5.74) is 1.76. The zero-order valence-electron chi connectivity index (χ0n) is 10.6. The third-order valence-corrected chi connectivity index (χ3v) is 3.53. The van der Waals surface area contributed by atoms with Crippen molar-refractivity contribution in [2.75, 3.05) is 12.4 Å². The van der Waals surface area contributed by atoms with Gasteiger partial charge in [0.25, 0.3) is 0 Å². The Kier molecular flexibility index (Phi) is 3.22. The first-order valence-corrected chi connectivity index (χ1v) is 6.41. The van der Waals surface area contributed by atoms with Gasteiger partial charge in [-0.2, -0.15) is 0 Å². The Morgan fingerprint density at radius 3 is 2.90 bits per heavy atom. The fraction of sp³-hybridized carbons (Fsp3) is 0.214. The number of anilines is 1. The summed E-state index contributed by atoms with van der Waals surface area (Å²) < 4.78 is 32.0. The molecule has 0 fully saturated rings. The summed E-state index contributed by atoms with van der Waals surface area (Å²) >= 11 is 5.92. The number of rotatable bonds is 2. The number of nitrogens with one attached hydrogen (secondary N) is 1. The molecule has 0 bridgehead atoms. The van der Waals surface area contributed by atoms with Crippen LogP contribution in [0, 0.1) is 11.6 Å². The molecule has 2 heterocycles. The molecule has 1 atom stereocenters. The number of nitrogens with zero attached hydrogens (tertiary/aromatic N) is 1. The van der Waals surface area contributed by atoms with Crippen molar-refractivity contribution < 1.29 is 13.5 Å². The molecule has 0 amide bonds. The van der Waals surface area contributed by atoms with E-state index in [-0.39, 0.29) is 6.04 Å². The Morgan fingerprint density at radius 2 is 2.15 bits per heavy atom. The van der Waals surface area contributed by atoms with Crippen LogP contribution < -0.4 is 10.1 Å². The summed E-state index contributed by atoms with van der Waals surface area (Å²) in [6, 6.07) is 5.87. The molecule has 1 N–H and O–H groups in total. The van der Waals surface area contributed by atoms with Crippen molar-refractivity contribution in [2.24, 2.45) is 0 Å². The van der Waals surface area contributed by atoms with Crippen LogP contribution in [0.2, 0.25) is 5.15 Å². The lowest BCUT2D eigenvalue weighted by Crippen LogP contribution is -2.06. The van der Waals surface area contributed by atoms with E-state index >= 15 is 0 Å². The summed E-state index contributed by atoms with van der Waals surface area (Å²) in [6.07, 6.45) is 0.350. The van der Waals surface area contributed by atoms with E-state index in [1.54, 1.807) is 12.1 Å². The summed E-state index contributed by atoms with van der Waals surface area (Å²) in [6.45, 7) is 0. The third-order valence-electron chi connectivity index (χ3n) is 3.34. The van der Waals surface area contributed by atoms with Crippen molar-refractivity contribution in [2.45, 2.75) is 12.5 Å². The van der Waals surface area contributed by atoms with Gasteiger partial charge in [-0.25, -0.2) is 13.8 Å². The first-order valence-electron chi connectivity index (χ1n) is 6.03. The number of halogens is 3. The molecule has 0 saturated heterocycles. The van der Waals surface area contributed by atoms with Crippen LogP contribution in [0.4, 0.5) is 14.5 Å². The molecule has 0 aliphatic carbocycles. The van der Waals surface area contributed by atoms with Crippen molar-refractivity contribution in [1.82, 2.24) is 4.98 Å². The lowest BCUT2D eigenvalue weighted by Gasteiger charge is -2.13. The van der Waals surface area contributed by atoms with E-state index in [1.807, 2.05) is 0 Å². The number of hydrogen-bond donors (Lipinski definition) is 1. The minimum absolute atomic E-state index is 0.185. The second-order valence-electron chi connectivity index (χ2n) is 4.55. The van der Waals surface area contributed by atoms with Gasteiger partial charge in [0, 0.05) is 23.7 Å². The minimum Gasteiger partial charge on any atom is -0.481 e. The fourth-order valence-electron chi connectivity index (χ4n) is 2.37. The number of methoxy groups -OCH3 is 1. The van der Waals surface area contributed by atoms with Crippen molar-refractivity contribution in [3.8, 4) is 5.88 Å². The highest BCUT2D eigenvalue weighted by atomic mass is 35.5. The van der Waals surface area contributed by atoms with Crippen LogP contribution in [0.25, 0.3) is 0 Å². The van der Waals surface area contributed by atoms with Crippen molar-refractivity contribution in [3.05, 3.63) is 52.2 Å². The normalized spacial score (nSPS) is 16.7. The highest BCUT2D eigenvalue weighted by Crippen LogP contribution is 2.37. The summed E-state index contributed by atoms with van der Waals surface area (Å²) in [5.74, 6) is -1.25. The second-order valence-corrected chi connectivity index (χ2v) is 4.94. The quantitative estimate of drug-likeness (QED) is 0.858. The molecule has 1 aromatic carbocycles. The molecule has 0 saturated carbocycles. The van der Waals surface area contributed by atoms with E-state index in [1.165, 1.54) is 13.2 Å². The predicted molar refractivity (Wildman–Crippen MR) is 72.2 cm³/mol. The monoisotopic (exact) mass is 296 g/mol. The predicted octanol–water partition coefficient (Wildman–Crippen LogP) is 3.73. The molecule has 0 spiro atoms. The van der Waals surface area contributed by atoms with E-state index in [0.717, 1.165) is 11.6 Å². The number of aromatic nitrogens is 1. The van der Waals surface area contributed by atoms with E-state index in [2.05, 4.69) is 10.3 Å². The van der Waals surface area contributed by atoms with Crippen molar-refractivity contribution in [3.63, 3.8) is 0 Å². The SMILES string of the molecule is COc1cc(C2Cc3c(ccc(F)c3F)N2)cc(Cl)n1. The Labute approximate surface area is 119 Å². The first kappa shape index (κ1) is 13.1. The zero-order chi connectivity index (χ0) is 14.3. The number of benzene rings is 1. The van der Waals surface area contributed by atoms with Crippen LogP contribution in [0.5, 0.6) is 5.88 Å². The molecule has 6 heteroatoms. The van der Waals surface area contributed by atoms with Gasteiger partial charge in [-0.15, -0.1) is 0 Å². The van der Waals surface area contributed by atoms with Gasteiger partial charge in [-0.1, -0.05) is 11.6 Å². The van der Waals surface area contributed by atoms with Gasteiger partial charge in [0.2, 0.25) is 5.88 Å². The number of ether oxygens (including phenoxy) is 1. The summed E-state index contributed by atoms with van der Waals surface area (Å²) in [5, 5.41) is 3.44. The van der Waals surface area contributed by atoms with Crippen LogP contribution in [-0.2, 0) is 6.42 Å². The zero-order valence-corrected chi connectivity index (χ0v) is 11.3. The van der Waals surface area contributed by atoms with Crippen LogP contribution in [-0.4, -0.2) is 12.1 Å². The Bertz CT molecular complexity index is 678. The van der Waals surface area contributed by atoms with Gasteiger partial charge < -0.3 is 10.1 Å². The average molecular weight is 297 g/mol. The first-order chi connectivity index (χ1) is 9.58. The van der Waals surface area contributed by atoms with Crippen molar-refractivity contribution in [1.29, 1.82) is 0 Å². The molecule has 1 aliphatic heterocycles. The maximum Gasteiger partial charge on any atom is 0.214 e. The van der Waals surface area contributed by atoms with Crippen LogP contribution in [0.15, 0.2) is 24.3 Å². The molecule has 1 unspecified atom stereocenters. The van der Waals surface area contributed by atoms with E-state index < -0.39 is 11.6 Å². The Morgan fingerprint density at radius 1 is 1.35 bits per heavy atom. The largest absolute Gasteiger partial charge is 0.481 e. The third kappa shape index (κ3) is 2.18. The molecule has 3 nitrogen and oxygen atoms in total. The number of pyridine rings is 1. The minimum atomic E-state index is -0.837. The second kappa shape index (κ2) is 4.90. The Hall–Kier alpha value is -1.88. The standard InChI is InChI=1S/C14H11ClF2N2O/c1-20-13-5-7(4-12(15)19-13)11-6-8-10(18-11)3-2-9(16)14(8)17/h2-5,11,18H,6H2,1H3. The molecule has 20 heavy (non-hydrogen) atoms. The van der Waals surface area contributed by atoms with Gasteiger partial charge in [-0.05, 0) is 23.8 Å². The van der Waals surface area contributed by atoms with Crippen molar-refractivity contribution >= 4 is 17.3 Å². The molecular weight excluding hydrogens is 286 g/mol. The number of hydrogen-bond acceptors (Lipinski definition) is 3. The molecule has 104 valence electrons. The number of fused-ring (bicyclic) bond motifs is 1. The van der Waals surface area contributed by atoms with Crippen LogP contribution in [0.1, 0.15) is 17.2 Å². The van der Waals surface area contributed by atoms with E-state index in [9.17, 15) is 8.78 Å². The van der Waals surface area contributed by atoms with Gasteiger partial charge in [0.15, 0.2) is 11.6 Å². The summed E-state index contributed by atoms with van der Waals surface area (Å²) in [7, 11) is 1.49. The lowest BCUT2D eigenvalue weighted by molar-refractivity contribution is 0.397. The maximum absolute atomic E-state index is 13.7. The highest BCUT2D eigenvalue weighted by molar-refractivity contribution is 6.29. The summed E-state index contributed by atoms with van der Waals surface area (Å²) in [4.78, 5) is 3.99. The van der Waals surface area contributed by atoms with Gasteiger partial charge >= 0.3 is 0 Å². The smallest absolute Gasteiger partial charge is 0.214 e. The van der Waals surface area contributed by atoms with Crippen LogP contribution in [0.3, 0.4) is 0 Å². The molecule has 2 aromatic rings.